The van der Waals surface area contributed by atoms with Crippen molar-refractivity contribution in [2.24, 2.45) is 0 Å². The molecule has 2 aromatic rings. The van der Waals surface area contributed by atoms with Gasteiger partial charge in [0.1, 0.15) is 4.90 Å². The molecule has 3 N–H and O–H groups in total. The van der Waals surface area contributed by atoms with Gasteiger partial charge in [0.15, 0.2) is 0 Å². The molecule has 21 heavy (non-hydrogen) atoms. The van der Waals surface area contributed by atoms with Crippen LogP contribution in [0.25, 0.3) is 0 Å². The summed E-state index contributed by atoms with van der Waals surface area (Å²) in [6, 6.07) is 8.45. The number of aryl methyl sites for hydroxylation is 1. The first-order chi connectivity index (χ1) is 9.72. The van der Waals surface area contributed by atoms with E-state index in [0.717, 1.165) is 5.56 Å². The van der Waals surface area contributed by atoms with Crippen LogP contribution in [-0.2, 0) is 10.0 Å². The maximum atomic E-state index is 12.6. The van der Waals surface area contributed by atoms with Crippen LogP contribution in [0.4, 0.5) is 11.4 Å². The summed E-state index contributed by atoms with van der Waals surface area (Å²) in [5.41, 5.74) is 7.56. The van der Waals surface area contributed by atoms with E-state index in [2.05, 4.69) is 52.5 Å². The van der Waals surface area contributed by atoms with E-state index in [1.807, 2.05) is 13.0 Å². The van der Waals surface area contributed by atoms with Crippen molar-refractivity contribution in [3.05, 3.63) is 49.3 Å². The Balaban J connectivity index is 2.51. The number of sulfonamides is 1. The van der Waals surface area contributed by atoms with E-state index >= 15 is 0 Å². The fourth-order valence-electron chi connectivity index (χ4n) is 1.76. The third-order valence-corrected chi connectivity index (χ3v) is 7.02. The van der Waals surface area contributed by atoms with Gasteiger partial charge in [-0.3, -0.25) is 4.72 Å². The van der Waals surface area contributed by atoms with E-state index in [4.69, 9.17) is 5.73 Å². The number of halogens is 3. The monoisotopic (exact) mass is 496 g/mol. The minimum atomic E-state index is -3.76. The second-order valence-corrected chi connectivity index (χ2v) is 8.48. The predicted molar refractivity (Wildman–Crippen MR) is 95.9 cm³/mol. The maximum Gasteiger partial charge on any atom is 0.264 e. The van der Waals surface area contributed by atoms with Gasteiger partial charge in [0.05, 0.1) is 5.69 Å². The summed E-state index contributed by atoms with van der Waals surface area (Å²) in [6.45, 7) is 1.89. The number of anilines is 2. The number of hydrogen-bond donors (Lipinski definition) is 2. The van der Waals surface area contributed by atoms with Gasteiger partial charge in [0, 0.05) is 19.1 Å². The first kappa shape index (κ1) is 16.8. The highest BCUT2D eigenvalue weighted by Gasteiger charge is 2.22. The Hall–Kier alpha value is -0.570. The largest absolute Gasteiger partial charge is 0.399 e. The van der Waals surface area contributed by atoms with Crippen LogP contribution in [0.1, 0.15) is 5.56 Å². The van der Waals surface area contributed by atoms with Gasteiger partial charge >= 0.3 is 0 Å². The molecule has 0 fully saturated rings. The first-order valence-electron chi connectivity index (χ1n) is 5.75. The van der Waals surface area contributed by atoms with Crippen LogP contribution in [0, 0.1) is 6.92 Å². The average molecular weight is 499 g/mol. The molecule has 0 saturated heterocycles. The highest BCUT2D eigenvalue weighted by atomic mass is 79.9. The summed E-state index contributed by atoms with van der Waals surface area (Å²) in [7, 11) is -3.76. The van der Waals surface area contributed by atoms with Crippen LogP contribution in [0.15, 0.2) is 48.6 Å². The molecule has 2 rings (SSSR count). The lowest BCUT2D eigenvalue weighted by Gasteiger charge is -2.14. The van der Waals surface area contributed by atoms with Crippen molar-refractivity contribution < 1.29 is 8.42 Å². The van der Waals surface area contributed by atoms with Gasteiger partial charge in [-0.1, -0.05) is 12.1 Å². The lowest BCUT2D eigenvalue weighted by atomic mass is 10.2. The smallest absolute Gasteiger partial charge is 0.264 e. The zero-order chi connectivity index (χ0) is 15.8. The Bertz CT molecular complexity index is 784. The second kappa shape index (κ2) is 6.28. The molecule has 0 radical (unpaired) electrons. The standard InChI is InChI=1S/C13H11Br3N2O2S/c1-7-3-2-4-11(12(7)16)18-21(19,20)13-9(14)5-8(17)6-10(13)15/h2-6,18H,17H2,1H3. The van der Waals surface area contributed by atoms with E-state index in [1.165, 1.54) is 0 Å². The summed E-state index contributed by atoms with van der Waals surface area (Å²) in [5.74, 6) is 0. The van der Waals surface area contributed by atoms with Crippen LogP contribution in [0.5, 0.6) is 0 Å². The predicted octanol–water partition coefficient (Wildman–Crippen LogP) is 4.67. The van der Waals surface area contributed by atoms with Crippen molar-refractivity contribution >= 4 is 69.2 Å². The molecule has 0 aliphatic rings. The normalized spacial score (nSPS) is 11.4. The van der Waals surface area contributed by atoms with Crippen molar-refractivity contribution in [3.63, 3.8) is 0 Å². The summed E-state index contributed by atoms with van der Waals surface area (Å²) < 4.78 is 29.2. The molecule has 0 aromatic heterocycles. The fourth-order valence-corrected chi connectivity index (χ4v) is 5.95. The quantitative estimate of drug-likeness (QED) is 0.604. The van der Waals surface area contributed by atoms with Crippen LogP contribution in [0.3, 0.4) is 0 Å². The zero-order valence-electron chi connectivity index (χ0n) is 10.8. The first-order valence-corrected chi connectivity index (χ1v) is 9.61. The number of hydrogen-bond acceptors (Lipinski definition) is 3. The molecular formula is C13H11Br3N2O2S. The molecule has 0 bridgehead atoms. The van der Waals surface area contributed by atoms with Crippen molar-refractivity contribution in [3.8, 4) is 0 Å². The molecule has 0 amide bonds. The van der Waals surface area contributed by atoms with Crippen molar-refractivity contribution in [2.45, 2.75) is 11.8 Å². The molecule has 0 unspecified atom stereocenters. The minimum Gasteiger partial charge on any atom is -0.399 e. The summed E-state index contributed by atoms with van der Waals surface area (Å²) in [5, 5.41) is 0. The Morgan fingerprint density at radius 1 is 1.10 bits per heavy atom. The Kier molecular flexibility index (Phi) is 5.02. The summed E-state index contributed by atoms with van der Waals surface area (Å²) >= 11 is 9.86. The lowest BCUT2D eigenvalue weighted by molar-refractivity contribution is 0.600. The molecule has 0 atom stereocenters. The minimum absolute atomic E-state index is 0.102. The van der Waals surface area contributed by atoms with Crippen molar-refractivity contribution in [2.75, 3.05) is 10.5 Å². The highest BCUT2D eigenvalue weighted by molar-refractivity contribution is 9.11. The van der Waals surface area contributed by atoms with Gasteiger partial charge in [-0.25, -0.2) is 8.42 Å². The number of benzene rings is 2. The van der Waals surface area contributed by atoms with Gasteiger partial charge in [0.25, 0.3) is 10.0 Å². The van der Waals surface area contributed by atoms with Crippen LogP contribution >= 0.6 is 47.8 Å². The molecule has 0 saturated carbocycles. The molecule has 0 aliphatic heterocycles. The SMILES string of the molecule is Cc1cccc(NS(=O)(=O)c2c(Br)cc(N)cc2Br)c1Br. The van der Waals surface area contributed by atoms with Crippen LogP contribution < -0.4 is 10.5 Å². The van der Waals surface area contributed by atoms with Crippen molar-refractivity contribution in [1.82, 2.24) is 0 Å². The molecule has 8 heteroatoms. The van der Waals surface area contributed by atoms with E-state index in [1.54, 1.807) is 24.3 Å². The molecular weight excluding hydrogens is 488 g/mol. The summed E-state index contributed by atoms with van der Waals surface area (Å²) in [6.07, 6.45) is 0. The fraction of sp³-hybridized carbons (Fsp3) is 0.0769. The Labute approximate surface area is 148 Å². The van der Waals surface area contributed by atoms with Gasteiger partial charge in [-0.05, 0) is 78.5 Å². The van der Waals surface area contributed by atoms with Gasteiger partial charge in [-0.15, -0.1) is 0 Å². The number of rotatable bonds is 3. The Morgan fingerprint density at radius 2 is 1.67 bits per heavy atom. The number of nitrogen functional groups attached to an aromatic ring is 1. The third kappa shape index (κ3) is 3.61. The highest BCUT2D eigenvalue weighted by Crippen LogP contribution is 2.35. The zero-order valence-corrected chi connectivity index (χ0v) is 16.4. The van der Waals surface area contributed by atoms with Crippen LogP contribution in [-0.4, -0.2) is 8.42 Å². The number of nitrogens with one attached hydrogen (secondary N) is 1. The molecule has 112 valence electrons. The van der Waals surface area contributed by atoms with E-state index in [9.17, 15) is 8.42 Å². The maximum absolute atomic E-state index is 12.6. The molecule has 4 nitrogen and oxygen atoms in total. The summed E-state index contributed by atoms with van der Waals surface area (Å²) in [4.78, 5) is 0.102. The third-order valence-electron chi connectivity index (χ3n) is 2.73. The average Bonchev–Trinajstić information content (AvgIpc) is 2.33. The van der Waals surface area contributed by atoms with Crippen molar-refractivity contribution in [1.29, 1.82) is 0 Å². The van der Waals surface area contributed by atoms with E-state index in [-0.39, 0.29) is 4.90 Å². The van der Waals surface area contributed by atoms with Crippen LogP contribution in [0.2, 0.25) is 0 Å². The molecule has 0 heterocycles. The van der Waals surface area contributed by atoms with Gasteiger partial charge < -0.3 is 5.73 Å². The molecule has 0 spiro atoms. The molecule has 2 aromatic carbocycles. The van der Waals surface area contributed by atoms with E-state index in [0.29, 0.717) is 24.8 Å². The topological polar surface area (TPSA) is 72.2 Å². The van der Waals surface area contributed by atoms with E-state index < -0.39 is 10.0 Å². The number of nitrogens with two attached hydrogens (primary N) is 1. The lowest BCUT2D eigenvalue weighted by Crippen LogP contribution is -2.15. The Morgan fingerprint density at radius 3 is 2.24 bits per heavy atom. The molecule has 0 aliphatic carbocycles. The second-order valence-electron chi connectivity index (χ2n) is 4.36. The van der Waals surface area contributed by atoms with Gasteiger partial charge in [-0.2, -0.15) is 0 Å². The van der Waals surface area contributed by atoms with Gasteiger partial charge in [0.2, 0.25) is 0 Å².